The summed E-state index contributed by atoms with van der Waals surface area (Å²) < 4.78 is 0. The molecule has 0 aliphatic carbocycles. The van der Waals surface area contributed by atoms with Gasteiger partial charge in [-0.05, 0) is 36.2 Å². The predicted octanol–water partition coefficient (Wildman–Crippen LogP) is 3.44. The van der Waals surface area contributed by atoms with Gasteiger partial charge >= 0.3 is 0 Å². The molecule has 84 valence electrons. The number of nitrogens with one attached hydrogen (secondary N) is 1. The van der Waals surface area contributed by atoms with Crippen molar-refractivity contribution in [2.45, 2.75) is 19.9 Å². The molecule has 0 bridgehead atoms. The molecule has 0 aromatic heterocycles. The number of hydroxylamine groups is 1. The minimum absolute atomic E-state index is 0.213. The van der Waals surface area contributed by atoms with Crippen LogP contribution in [0.25, 0.3) is 10.8 Å². The van der Waals surface area contributed by atoms with Crippen molar-refractivity contribution in [2.75, 3.05) is 6.61 Å². The second-order valence-electron chi connectivity index (χ2n) is 3.88. The maximum atomic E-state index is 5.21. The van der Waals surface area contributed by atoms with Crippen LogP contribution in [0.2, 0.25) is 0 Å². The molecule has 0 radical (unpaired) electrons. The molecule has 1 N–H and O–H groups in total. The Kier molecular flexibility index (Phi) is 3.54. The highest BCUT2D eigenvalue weighted by atomic mass is 16.6. The van der Waals surface area contributed by atoms with Crippen LogP contribution in [0.1, 0.15) is 25.5 Å². The first-order chi connectivity index (χ1) is 7.81. The molecule has 0 aliphatic heterocycles. The van der Waals surface area contributed by atoms with Crippen molar-refractivity contribution in [1.82, 2.24) is 5.48 Å². The van der Waals surface area contributed by atoms with Crippen LogP contribution in [-0.2, 0) is 4.84 Å². The SMILES string of the molecule is CCON[C@@H](C)c1ccc2ccccc2c1. The number of hydrogen-bond acceptors (Lipinski definition) is 2. The summed E-state index contributed by atoms with van der Waals surface area (Å²) in [6.07, 6.45) is 0. The van der Waals surface area contributed by atoms with E-state index >= 15 is 0 Å². The Morgan fingerprint density at radius 2 is 1.88 bits per heavy atom. The molecule has 1 atom stereocenters. The Balaban J connectivity index is 2.25. The molecular weight excluding hydrogens is 198 g/mol. The minimum atomic E-state index is 0.213. The highest BCUT2D eigenvalue weighted by Gasteiger charge is 2.04. The number of hydrogen-bond donors (Lipinski definition) is 1. The van der Waals surface area contributed by atoms with Gasteiger partial charge in [0.2, 0.25) is 0 Å². The molecular formula is C14H17NO. The minimum Gasteiger partial charge on any atom is -0.302 e. The second-order valence-corrected chi connectivity index (χ2v) is 3.88. The topological polar surface area (TPSA) is 21.3 Å². The van der Waals surface area contributed by atoms with Gasteiger partial charge in [-0.3, -0.25) is 0 Å². The first-order valence-corrected chi connectivity index (χ1v) is 5.67. The molecule has 0 saturated carbocycles. The van der Waals surface area contributed by atoms with E-state index in [4.69, 9.17) is 4.84 Å². The van der Waals surface area contributed by atoms with Gasteiger partial charge in [0.05, 0.1) is 12.6 Å². The lowest BCUT2D eigenvalue weighted by molar-refractivity contribution is 0.0285. The third kappa shape index (κ3) is 2.40. The third-order valence-electron chi connectivity index (χ3n) is 2.68. The fraction of sp³-hybridized carbons (Fsp3) is 0.286. The van der Waals surface area contributed by atoms with Crippen LogP contribution < -0.4 is 5.48 Å². The van der Waals surface area contributed by atoms with Crippen molar-refractivity contribution in [3.05, 3.63) is 48.0 Å². The van der Waals surface area contributed by atoms with Crippen molar-refractivity contribution in [3.8, 4) is 0 Å². The van der Waals surface area contributed by atoms with E-state index < -0.39 is 0 Å². The van der Waals surface area contributed by atoms with E-state index in [0.717, 1.165) is 0 Å². The number of rotatable bonds is 4. The molecule has 2 nitrogen and oxygen atoms in total. The van der Waals surface area contributed by atoms with Gasteiger partial charge in [0.15, 0.2) is 0 Å². The molecule has 2 heteroatoms. The maximum absolute atomic E-state index is 5.21. The highest BCUT2D eigenvalue weighted by molar-refractivity contribution is 5.83. The van der Waals surface area contributed by atoms with Crippen molar-refractivity contribution < 1.29 is 4.84 Å². The zero-order valence-electron chi connectivity index (χ0n) is 9.73. The zero-order valence-corrected chi connectivity index (χ0v) is 9.73. The van der Waals surface area contributed by atoms with Crippen LogP contribution in [0.4, 0.5) is 0 Å². The summed E-state index contributed by atoms with van der Waals surface area (Å²) in [6.45, 7) is 4.75. The van der Waals surface area contributed by atoms with Crippen LogP contribution in [0.3, 0.4) is 0 Å². The predicted molar refractivity (Wildman–Crippen MR) is 67.1 cm³/mol. The lowest BCUT2D eigenvalue weighted by atomic mass is 10.0. The van der Waals surface area contributed by atoms with Crippen molar-refractivity contribution in [2.24, 2.45) is 0 Å². The molecule has 0 fully saturated rings. The molecule has 0 saturated heterocycles. The average Bonchev–Trinajstić information content (AvgIpc) is 2.35. The Bertz CT molecular complexity index is 467. The summed E-state index contributed by atoms with van der Waals surface area (Å²) in [5.74, 6) is 0. The number of benzene rings is 2. The molecule has 2 rings (SSSR count). The Morgan fingerprint density at radius 1 is 1.12 bits per heavy atom. The van der Waals surface area contributed by atoms with Gasteiger partial charge in [-0.25, -0.2) is 0 Å². The third-order valence-corrected chi connectivity index (χ3v) is 2.68. The van der Waals surface area contributed by atoms with Crippen molar-refractivity contribution in [1.29, 1.82) is 0 Å². The van der Waals surface area contributed by atoms with Gasteiger partial charge in [-0.15, -0.1) is 0 Å². The summed E-state index contributed by atoms with van der Waals surface area (Å²) in [6, 6.07) is 15.1. The van der Waals surface area contributed by atoms with Crippen molar-refractivity contribution >= 4 is 10.8 Å². The largest absolute Gasteiger partial charge is 0.302 e. The maximum Gasteiger partial charge on any atom is 0.0654 e. The molecule has 2 aromatic rings. The summed E-state index contributed by atoms with van der Waals surface area (Å²) in [7, 11) is 0. The quantitative estimate of drug-likeness (QED) is 0.789. The van der Waals surface area contributed by atoms with E-state index in [9.17, 15) is 0 Å². The molecule has 0 amide bonds. The van der Waals surface area contributed by atoms with Gasteiger partial charge in [-0.2, -0.15) is 5.48 Å². The molecule has 2 aromatic carbocycles. The first kappa shape index (κ1) is 11.1. The van der Waals surface area contributed by atoms with Crippen LogP contribution in [-0.4, -0.2) is 6.61 Å². The van der Waals surface area contributed by atoms with Gasteiger partial charge in [0, 0.05) is 0 Å². The highest BCUT2D eigenvalue weighted by Crippen LogP contribution is 2.20. The summed E-state index contributed by atoms with van der Waals surface area (Å²) in [5.41, 5.74) is 4.26. The monoisotopic (exact) mass is 215 g/mol. The van der Waals surface area contributed by atoms with E-state index in [2.05, 4.69) is 54.9 Å². The summed E-state index contributed by atoms with van der Waals surface area (Å²) >= 11 is 0. The van der Waals surface area contributed by atoms with E-state index in [-0.39, 0.29) is 6.04 Å². The van der Waals surface area contributed by atoms with Crippen LogP contribution in [0, 0.1) is 0 Å². The summed E-state index contributed by atoms with van der Waals surface area (Å²) in [5, 5.41) is 2.54. The van der Waals surface area contributed by atoms with Gasteiger partial charge in [-0.1, -0.05) is 36.4 Å². The Hall–Kier alpha value is -1.38. The van der Waals surface area contributed by atoms with Gasteiger partial charge in [0.25, 0.3) is 0 Å². The smallest absolute Gasteiger partial charge is 0.0654 e. The molecule has 0 aliphatic rings. The zero-order chi connectivity index (χ0) is 11.4. The van der Waals surface area contributed by atoms with E-state index in [0.29, 0.717) is 6.61 Å². The molecule has 0 heterocycles. The average molecular weight is 215 g/mol. The fourth-order valence-corrected chi connectivity index (χ4v) is 1.75. The standard InChI is InChI=1S/C14H17NO/c1-3-16-15-11(2)13-9-8-12-6-4-5-7-14(12)10-13/h4-11,15H,3H2,1-2H3/t11-/m0/s1. The second kappa shape index (κ2) is 5.10. The lowest BCUT2D eigenvalue weighted by Gasteiger charge is -2.13. The van der Waals surface area contributed by atoms with E-state index in [1.54, 1.807) is 0 Å². The van der Waals surface area contributed by atoms with Crippen LogP contribution >= 0.6 is 0 Å². The van der Waals surface area contributed by atoms with Crippen molar-refractivity contribution in [3.63, 3.8) is 0 Å². The Morgan fingerprint density at radius 3 is 2.62 bits per heavy atom. The normalized spacial score (nSPS) is 12.9. The van der Waals surface area contributed by atoms with E-state index in [1.807, 2.05) is 6.92 Å². The first-order valence-electron chi connectivity index (χ1n) is 5.67. The molecule has 16 heavy (non-hydrogen) atoms. The van der Waals surface area contributed by atoms with Gasteiger partial charge < -0.3 is 4.84 Å². The van der Waals surface area contributed by atoms with Gasteiger partial charge in [0.1, 0.15) is 0 Å². The molecule has 0 unspecified atom stereocenters. The lowest BCUT2D eigenvalue weighted by Crippen LogP contribution is -2.18. The summed E-state index contributed by atoms with van der Waals surface area (Å²) in [4.78, 5) is 5.21. The van der Waals surface area contributed by atoms with E-state index in [1.165, 1.54) is 16.3 Å². The van der Waals surface area contributed by atoms with Crippen LogP contribution in [0.5, 0.6) is 0 Å². The fourth-order valence-electron chi connectivity index (χ4n) is 1.75. The molecule has 0 spiro atoms. The van der Waals surface area contributed by atoms with Crippen LogP contribution in [0.15, 0.2) is 42.5 Å². The number of fused-ring (bicyclic) bond motifs is 1. The Labute approximate surface area is 96.2 Å².